The van der Waals surface area contributed by atoms with Gasteiger partial charge in [-0.3, -0.25) is 14.7 Å². The van der Waals surface area contributed by atoms with Crippen molar-refractivity contribution in [3.63, 3.8) is 0 Å². The van der Waals surface area contributed by atoms with Gasteiger partial charge in [-0.1, -0.05) is 35.5 Å². The van der Waals surface area contributed by atoms with Crippen LogP contribution in [0.2, 0.25) is 0 Å². The fourth-order valence-electron chi connectivity index (χ4n) is 4.61. The van der Waals surface area contributed by atoms with Gasteiger partial charge in [0, 0.05) is 35.3 Å². The summed E-state index contributed by atoms with van der Waals surface area (Å²) in [7, 11) is 1.31. The summed E-state index contributed by atoms with van der Waals surface area (Å²) in [6.07, 6.45) is 5.89. The predicted octanol–water partition coefficient (Wildman–Crippen LogP) is 3.79. The molecule has 2 atom stereocenters. The highest BCUT2D eigenvalue weighted by Crippen LogP contribution is 2.31. The van der Waals surface area contributed by atoms with E-state index in [1.165, 1.54) is 7.11 Å². The number of rotatable bonds is 7. The molecule has 4 aromatic rings. The third-order valence-corrected chi connectivity index (χ3v) is 7.12. The van der Waals surface area contributed by atoms with Crippen molar-refractivity contribution in [2.24, 2.45) is 0 Å². The van der Waals surface area contributed by atoms with E-state index in [9.17, 15) is 9.59 Å². The van der Waals surface area contributed by atoms with Crippen LogP contribution in [0.3, 0.4) is 0 Å². The minimum absolute atomic E-state index is 0.0859. The van der Waals surface area contributed by atoms with E-state index in [4.69, 9.17) is 4.74 Å². The fraction of sp³-hybridized carbons (Fsp3) is 0.269. The third-order valence-electron chi connectivity index (χ3n) is 6.39. The zero-order chi connectivity index (χ0) is 25.1. The number of carbonyl (C=O) groups excluding carboxylic acids is 2. The molecule has 0 saturated carbocycles. The number of nitrogens with one attached hydrogen (secondary N) is 1. The van der Waals surface area contributed by atoms with Gasteiger partial charge in [0.15, 0.2) is 5.69 Å². The number of esters is 1. The largest absolute Gasteiger partial charge is 0.464 e. The Balaban J connectivity index is 1.43. The van der Waals surface area contributed by atoms with Crippen LogP contribution >= 0.6 is 11.8 Å². The maximum absolute atomic E-state index is 13.5. The molecule has 0 spiro atoms. The number of aromatic nitrogens is 4. The second kappa shape index (κ2) is 10.5. The van der Waals surface area contributed by atoms with Gasteiger partial charge in [0.1, 0.15) is 0 Å². The Kier molecular flexibility index (Phi) is 6.97. The van der Waals surface area contributed by atoms with E-state index in [-0.39, 0.29) is 17.6 Å². The molecule has 10 heteroatoms. The van der Waals surface area contributed by atoms with Gasteiger partial charge < -0.3 is 10.1 Å². The standard InChI is InChI=1S/C26H26N6O3S/c1-35-26(34)22-16-32(30-29-22)20-13-23(25(33)28-19-9-4-10-21(12-19)36-2)31(15-20)14-18-7-3-6-17-8-5-11-27-24(17)18/h3-12,16,20,23H,13-15H2,1-2H3,(H,28,33)/t20-,23+/m1/s1. The molecular formula is C26H26N6O3S. The number of benzene rings is 2. The number of methoxy groups -OCH3 is 1. The van der Waals surface area contributed by atoms with E-state index < -0.39 is 12.0 Å². The number of fused-ring (bicyclic) bond motifs is 1. The van der Waals surface area contributed by atoms with Crippen molar-refractivity contribution < 1.29 is 14.3 Å². The van der Waals surface area contributed by atoms with Crippen LogP contribution in [-0.2, 0) is 16.1 Å². The SMILES string of the molecule is COC(=O)c1cn([C@@H]2C[C@@H](C(=O)Nc3cccc(SC)c3)N(Cc3cccc4cccnc34)C2)nn1. The van der Waals surface area contributed by atoms with Gasteiger partial charge in [0.25, 0.3) is 0 Å². The first-order valence-corrected chi connectivity index (χ1v) is 12.8. The number of likely N-dealkylation sites (tertiary alicyclic amines) is 1. The normalized spacial score (nSPS) is 17.8. The van der Waals surface area contributed by atoms with Gasteiger partial charge in [-0.15, -0.1) is 16.9 Å². The lowest BCUT2D eigenvalue weighted by molar-refractivity contribution is -0.120. The van der Waals surface area contributed by atoms with Crippen LogP contribution in [-0.4, -0.2) is 62.7 Å². The van der Waals surface area contributed by atoms with Gasteiger partial charge >= 0.3 is 5.97 Å². The second-order valence-corrected chi connectivity index (χ2v) is 9.50. The third kappa shape index (κ3) is 4.95. The van der Waals surface area contributed by atoms with Crippen molar-refractivity contribution in [2.75, 3.05) is 25.2 Å². The Bertz CT molecular complexity index is 1400. The number of carbonyl (C=O) groups is 2. The number of pyridine rings is 1. The molecule has 184 valence electrons. The highest BCUT2D eigenvalue weighted by atomic mass is 32.2. The second-order valence-electron chi connectivity index (χ2n) is 8.62. The minimum atomic E-state index is -0.541. The Labute approximate surface area is 212 Å². The van der Waals surface area contributed by atoms with Crippen LogP contribution in [0.25, 0.3) is 10.9 Å². The summed E-state index contributed by atoms with van der Waals surface area (Å²) in [5, 5.41) is 12.2. The van der Waals surface area contributed by atoms with Crippen LogP contribution in [0.15, 0.2) is 71.9 Å². The van der Waals surface area contributed by atoms with Gasteiger partial charge in [0.2, 0.25) is 5.91 Å². The van der Waals surface area contributed by atoms with Crippen molar-refractivity contribution in [1.29, 1.82) is 0 Å². The summed E-state index contributed by atoms with van der Waals surface area (Å²) in [6.45, 7) is 1.11. The Morgan fingerprint density at radius 2 is 2.00 bits per heavy atom. The molecule has 1 aliphatic heterocycles. The molecule has 0 aliphatic carbocycles. The Morgan fingerprint density at radius 1 is 1.17 bits per heavy atom. The number of hydrogen-bond acceptors (Lipinski definition) is 8. The quantitative estimate of drug-likeness (QED) is 0.301. The number of anilines is 1. The summed E-state index contributed by atoms with van der Waals surface area (Å²) >= 11 is 1.62. The predicted molar refractivity (Wildman–Crippen MR) is 138 cm³/mol. The van der Waals surface area contributed by atoms with E-state index in [0.29, 0.717) is 19.5 Å². The van der Waals surface area contributed by atoms with Crippen molar-refractivity contribution >= 4 is 40.2 Å². The summed E-state index contributed by atoms with van der Waals surface area (Å²) in [5.74, 6) is -0.627. The Morgan fingerprint density at radius 3 is 2.83 bits per heavy atom. The van der Waals surface area contributed by atoms with Gasteiger partial charge in [-0.2, -0.15) is 0 Å². The molecule has 1 saturated heterocycles. The zero-order valence-corrected chi connectivity index (χ0v) is 20.8. The molecule has 9 nitrogen and oxygen atoms in total. The first-order valence-electron chi connectivity index (χ1n) is 11.6. The smallest absolute Gasteiger partial charge is 0.360 e. The molecule has 1 fully saturated rings. The summed E-state index contributed by atoms with van der Waals surface area (Å²) in [5.41, 5.74) is 2.87. The van der Waals surface area contributed by atoms with Crippen molar-refractivity contribution in [3.8, 4) is 0 Å². The van der Waals surface area contributed by atoms with E-state index in [1.54, 1.807) is 28.8 Å². The maximum Gasteiger partial charge on any atom is 0.360 e. The molecule has 1 N–H and O–H groups in total. The molecule has 5 rings (SSSR count). The lowest BCUT2D eigenvalue weighted by atomic mass is 10.1. The van der Waals surface area contributed by atoms with Crippen molar-refractivity contribution in [1.82, 2.24) is 24.9 Å². The van der Waals surface area contributed by atoms with Crippen molar-refractivity contribution in [3.05, 3.63) is 78.2 Å². The van der Waals surface area contributed by atoms with Gasteiger partial charge in [-0.05, 0) is 42.5 Å². The molecule has 0 bridgehead atoms. The lowest BCUT2D eigenvalue weighted by Crippen LogP contribution is -2.39. The summed E-state index contributed by atoms with van der Waals surface area (Å²) in [6, 6.07) is 17.3. The van der Waals surface area contributed by atoms with Crippen LogP contribution in [0.5, 0.6) is 0 Å². The molecule has 2 aromatic heterocycles. The topological polar surface area (TPSA) is 102 Å². The van der Waals surface area contributed by atoms with Gasteiger partial charge in [-0.25, -0.2) is 9.48 Å². The van der Waals surface area contributed by atoms with Crippen LogP contribution < -0.4 is 5.32 Å². The number of amides is 1. The number of ether oxygens (including phenoxy) is 1. The number of hydrogen-bond donors (Lipinski definition) is 1. The van der Waals surface area contributed by atoms with E-state index in [1.807, 2.05) is 60.9 Å². The first kappa shape index (κ1) is 24.0. The minimum Gasteiger partial charge on any atom is -0.464 e. The number of para-hydroxylation sites is 1. The molecule has 1 aliphatic rings. The first-order chi connectivity index (χ1) is 17.6. The van der Waals surface area contributed by atoms with Crippen molar-refractivity contribution in [2.45, 2.75) is 29.9 Å². The highest BCUT2D eigenvalue weighted by molar-refractivity contribution is 7.98. The Hall–Kier alpha value is -3.76. The highest BCUT2D eigenvalue weighted by Gasteiger charge is 2.38. The molecule has 0 unspecified atom stereocenters. The van der Waals surface area contributed by atoms with E-state index >= 15 is 0 Å². The van der Waals surface area contributed by atoms with Crippen LogP contribution in [0.4, 0.5) is 5.69 Å². The monoisotopic (exact) mass is 502 g/mol. The molecule has 1 amide bonds. The van der Waals surface area contributed by atoms with Gasteiger partial charge in [0.05, 0.1) is 30.9 Å². The van der Waals surface area contributed by atoms with E-state index in [2.05, 4.69) is 25.5 Å². The zero-order valence-electron chi connectivity index (χ0n) is 20.0. The molecular weight excluding hydrogens is 476 g/mol. The lowest BCUT2D eigenvalue weighted by Gasteiger charge is -2.24. The van der Waals surface area contributed by atoms with Crippen LogP contribution in [0.1, 0.15) is 28.5 Å². The summed E-state index contributed by atoms with van der Waals surface area (Å²) in [4.78, 5) is 33.2. The average molecular weight is 503 g/mol. The molecule has 36 heavy (non-hydrogen) atoms. The average Bonchev–Trinajstić information content (AvgIpc) is 3.56. The van der Waals surface area contributed by atoms with E-state index in [0.717, 1.165) is 27.0 Å². The van der Waals surface area contributed by atoms with Crippen LogP contribution in [0, 0.1) is 0 Å². The number of thioether (sulfide) groups is 1. The summed E-state index contributed by atoms with van der Waals surface area (Å²) < 4.78 is 6.41. The molecule has 0 radical (unpaired) electrons. The fourth-order valence-corrected chi connectivity index (χ4v) is 5.07. The number of nitrogens with zero attached hydrogens (tertiary/aromatic N) is 5. The maximum atomic E-state index is 13.5. The molecule has 2 aromatic carbocycles. The molecule has 3 heterocycles.